The number of nitrogens with zero attached hydrogens (tertiary/aromatic N) is 2. The number of esters is 1. The predicted molar refractivity (Wildman–Crippen MR) is 84.2 cm³/mol. The number of amides is 2. The number of nitrogens with two attached hydrogens (primary N) is 1. The first-order chi connectivity index (χ1) is 11.3. The molecule has 24 heavy (non-hydrogen) atoms. The van der Waals surface area contributed by atoms with Gasteiger partial charge in [0, 0.05) is 31.9 Å². The monoisotopic (exact) mass is 335 g/mol. The summed E-state index contributed by atoms with van der Waals surface area (Å²) in [7, 11) is 1.62. The molecule has 0 aromatic carbocycles. The highest BCUT2D eigenvalue weighted by Crippen LogP contribution is 2.16. The summed E-state index contributed by atoms with van der Waals surface area (Å²) in [6.07, 6.45) is 2.88. The number of ketones is 1. The maximum absolute atomic E-state index is 12.1. The summed E-state index contributed by atoms with van der Waals surface area (Å²) in [6, 6.07) is 1.43. The van der Waals surface area contributed by atoms with Crippen LogP contribution in [0.2, 0.25) is 0 Å². The van der Waals surface area contributed by atoms with E-state index in [0.29, 0.717) is 24.9 Å². The van der Waals surface area contributed by atoms with Crippen molar-refractivity contribution in [1.29, 1.82) is 0 Å². The lowest BCUT2D eigenvalue weighted by molar-refractivity contribution is -0.137. The van der Waals surface area contributed by atoms with Crippen molar-refractivity contribution in [3.63, 3.8) is 0 Å². The van der Waals surface area contributed by atoms with E-state index >= 15 is 0 Å². The molecule has 8 heteroatoms. The number of primary amides is 1. The fourth-order valence-corrected chi connectivity index (χ4v) is 2.69. The molecular formula is C16H21N3O5. The molecule has 0 unspecified atom stereocenters. The number of hydrogen-bond acceptors (Lipinski definition) is 5. The minimum Gasteiger partial charge on any atom is -0.451 e. The van der Waals surface area contributed by atoms with Crippen molar-refractivity contribution in [3.8, 4) is 0 Å². The molecule has 2 rings (SSSR count). The SMILES string of the molecule is CC(=O)c1cc(C(=O)OCC(=O)N2CCC[C@H](C(N)=O)C2)n(C)c1. The van der Waals surface area contributed by atoms with Gasteiger partial charge in [0.05, 0.1) is 5.92 Å². The summed E-state index contributed by atoms with van der Waals surface area (Å²) in [4.78, 5) is 48.2. The number of aromatic nitrogens is 1. The summed E-state index contributed by atoms with van der Waals surface area (Å²) in [5.74, 6) is -1.99. The van der Waals surface area contributed by atoms with Gasteiger partial charge in [0.1, 0.15) is 5.69 Å². The lowest BCUT2D eigenvalue weighted by Crippen LogP contribution is -2.45. The summed E-state index contributed by atoms with van der Waals surface area (Å²) in [5.41, 5.74) is 5.87. The third-order valence-corrected chi connectivity index (χ3v) is 4.12. The van der Waals surface area contributed by atoms with Gasteiger partial charge in [-0.2, -0.15) is 0 Å². The highest BCUT2D eigenvalue weighted by atomic mass is 16.5. The van der Waals surface area contributed by atoms with Gasteiger partial charge in [-0.05, 0) is 25.8 Å². The predicted octanol–water partition coefficient (Wildman–Crippen LogP) is 0.108. The highest BCUT2D eigenvalue weighted by molar-refractivity contribution is 5.98. The molecule has 0 radical (unpaired) electrons. The van der Waals surface area contributed by atoms with Crippen LogP contribution in [0.25, 0.3) is 0 Å². The molecule has 2 amide bonds. The molecule has 0 saturated carbocycles. The molecular weight excluding hydrogens is 314 g/mol. The van der Waals surface area contributed by atoms with E-state index in [1.165, 1.54) is 28.7 Å². The standard InChI is InChI=1S/C16H21N3O5/c1-10(20)12-6-13(18(2)7-12)16(23)24-9-14(21)19-5-3-4-11(8-19)15(17)22/h6-7,11H,3-5,8-9H2,1-2H3,(H2,17,22)/t11-/m0/s1. The number of ether oxygens (including phenoxy) is 1. The zero-order chi connectivity index (χ0) is 17.9. The summed E-state index contributed by atoms with van der Waals surface area (Å²) in [5, 5.41) is 0. The van der Waals surface area contributed by atoms with E-state index in [1.807, 2.05) is 0 Å². The minimum absolute atomic E-state index is 0.161. The largest absolute Gasteiger partial charge is 0.451 e. The number of rotatable bonds is 5. The number of likely N-dealkylation sites (tertiary alicyclic amines) is 1. The molecule has 0 aliphatic carbocycles. The molecule has 0 bridgehead atoms. The first-order valence-electron chi connectivity index (χ1n) is 7.71. The fraction of sp³-hybridized carbons (Fsp3) is 0.500. The minimum atomic E-state index is -0.679. The lowest BCUT2D eigenvalue weighted by Gasteiger charge is -2.31. The smallest absolute Gasteiger partial charge is 0.355 e. The molecule has 8 nitrogen and oxygen atoms in total. The Bertz CT molecular complexity index is 679. The quantitative estimate of drug-likeness (QED) is 0.606. The molecule has 1 aromatic heterocycles. The molecule has 1 aliphatic heterocycles. The fourth-order valence-electron chi connectivity index (χ4n) is 2.69. The Balaban J connectivity index is 1.92. The number of Topliss-reactive ketones (excluding diaryl/α,β-unsaturated/α-hetero) is 1. The van der Waals surface area contributed by atoms with E-state index in [0.717, 1.165) is 0 Å². The molecule has 1 fully saturated rings. The number of carbonyl (C=O) groups excluding carboxylic acids is 4. The van der Waals surface area contributed by atoms with Crippen molar-refractivity contribution in [2.45, 2.75) is 19.8 Å². The highest BCUT2D eigenvalue weighted by Gasteiger charge is 2.27. The van der Waals surface area contributed by atoms with Crippen molar-refractivity contribution < 1.29 is 23.9 Å². The molecule has 1 saturated heterocycles. The van der Waals surface area contributed by atoms with E-state index in [9.17, 15) is 19.2 Å². The van der Waals surface area contributed by atoms with Gasteiger partial charge in [-0.3, -0.25) is 14.4 Å². The van der Waals surface area contributed by atoms with E-state index in [4.69, 9.17) is 10.5 Å². The average Bonchev–Trinajstić information content (AvgIpc) is 2.94. The molecule has 2 heterocycles. The Morgan fingerprint density at radius 2 is 2.04 bits per heavy atom. The van der Waals surface area contributed by atoms with Crippen LogP contribution in [0, 0.1) is 5.92 Å². The van der Waals surface area contributed by atoms with Crippen LogP contribution >= 0.6 is 0 Å². The molecule has 1 aliphatic rings. The molecule has 1 atom stereocenters. The van der Waals surface area contributed by atoms with Crippen LogP contribution in [0.1, 0.15) is 40.6 Å². The van der Waals surface area contributed by atoms with Crippen molar-refractivity contribution >= 4 is 23.6 Å². The van der Waals surface area contributed by atoms with Gasteiger partial charge in [0.25, 0.3) is 5.91 Å². The van der Waals surface area contributed by atoms with Gasteiger partial charge in [0.15, 0.2) is 12.4 Å². The Hall–Kier alpha value is -2.64. The van der Waals surface area contributed by atoms with E-state index in [-0.39, 0.29) is 29.8 Å². The second kappa shape index (κ2) is 7.29. The first-order valence-corrected chi connectivity index (χ1v) is 7.71. The number of carbonyl (C=O) groups is 4. The second-order valence-electron chi connectivity index (χ2n) is 5.94. The van der Waals surface area contributed by atoms with Crippen molar-refractivity contribution in [3.05, 3.63) is 23.5 Å². The molecule has 1 aromatic rings. The van der Waals surface area contributed by atoms with Gasteiger partial charge in [-0.25, -0.2) is 4.79 Å². The first kappa shape index (κ1) is 17.7. The zero-order valence-corrected chi connectivity index (χ0v) is 13.8. The summed E-state index contributed by atoms with van der Waals surface area (Å²) < 4.78 is 6.51. The molecule has 130 valence electrons. The average molecular weight is 335 g/mol. The number of aryl methyl sites for hydroxylation is 1. The maximum atomic E-state index is 12.1. The van der Waals surface area contributed by atoms with Gasteiger partial charge >= 0.3 is 5.97 Å². The number of piperidine rings is 1. The Kier molecular flexibility index (Phi) is 5.38. The Morgan fingerprint density at radius 1 is 1.33 bits per heavy atom. The third kappa shape index (κ3) is 4.01. The molecule has 0 spiro atoms. The van der Waals surface area contributed by atoms with Gasteiger partial charge in [0.2, 0.25) is 5.91 Å². The summed E-state index contributed by atoms with van der Waals surface area (Å²) in [6.45, 7) is 1.76. The normalized spacial score (nSPS) is 17.4. The lowest BCUT2D eigenvalue weighted by atomic mass is 9.97. The van der Waals surface area contributed by atoms with Crippen LogP contribution in [0.5, 0.6) is 0 Å². The van der Waals surface area contributed by atoms with E-state index in [2.05, 4.69) is 0 Å². The summed E-state index contributed by atoms with van der Waals surface area (Å²) >= 11 is 0. The second-order valence-corrected chi connectivity index (χ2v) is 5.94. The molecule has 2 N–H and O–H groups in total. The van der Waals surface area contributed by atoms with Crippen LogP contribution in [0.15, 0.2) is 12.3 Å². The van der Waals surface area contributed by atoms with Crippen LogP contribution < -0.4 is 5.73 Å². The topological polar surface area (TPSA) is 112 Å². The maximum Gasteiger partial charge on any atom is 0.355 e. The van der Waals surface area contributed by atoms with Gasteiger partial charge in [-0.1, -0.05) is 0 Å². The van der Waals surface area contributed by atoms with Crippen LogP contribution in [-0.4, -0.2) is 52.7 Å². The Morgan fingerprint density at radius 3 is 2.62 bits per heavy atom. The number of hydrogen-bond donors (Lipinski definition) is 1. The van der Waals surface area contributed by atoms with Crippen LogP contribution in [0.4, 0.5) is 0 Å². The van der Waals surface area contributed by atoms with Crippen molar-refractivity contribution in [2.75, 3.05) is 19.7 Å². The third-order valence-electron chi connectivity index (χ3n) is 4.12. The van der Waals surface area contributed by atoms with Gasteiger partial charge in [-0.15, -0.1) is 0 Å². The van der Waals surface area contributed by atoms with Crippen LogP contribution in [0.3, 0.4) is 0 Å². The Labute approximate surface area is 139 Å². The van der Waals surface area contributed by atoms with Crippen LogP contribution in [-0.2, 0) is 21.4 Å². The van der Waals surface area contributed by atoms with Gasteiger partial charge < -0.3 is 19.9 Å². The van der Waals surface area contributed by atoms with E-state index < -0.39 is 18.5 Å². The zero-order valence-electron chi connectivity index (χ0n) is 13.8. The van der Waals surface area contributed by atoms with Crippen molar-refractivity contribution in [2.24, 2.45) is 18.7 Å². The van der Waals surface area contributed by atoms with Crippen molar-refractivity contribution in [1.82, 2.24) is 9.47 Å². The van der Waals surface area contributed by atoms with E-state index in [1.54, 1.807) is 7.05 Å².